The lowest BCUT2D eigenvalue weighted by Crippen LogP contribution is -1.85. The van der Waals surface area contributed by atoms with Gasteiger partial charge in [-0.05, 0) is 13.3 Å². The van der Waals surface area contributed by atoms with E-state index in [2.05, 4.69) is 30.3 Å². The highest BCUT2D eigenvalue weighted by Gasteiger charge is 2.16. The van der Waals surface area contributed by atoms with Crippen LogP contribution in [0.5, 0.6) is 0 Å². The van der Waals surface area contributed by atoms with Gasteiger partial charge >= 0.3 is 0 Å². The highest BCUT2D eigenvalue weighted by atomic mass is 32.2. The molecule has 0 saturated heterocycles. The van der Waals surface area contributed by atoms with Gasteiger partial charge in [0.1, 0.15) is 0 Å². The van der Waals surface area contributed by atoms with Crippen molar-refractivity contribution in [3.63, 3.8) is 0 Å². The Labute approximate surface area is 80.9 Å². The highest BCUT2D eigenvalue weighted by molar-refractivity contribution is 8.09. The number of aryl methyl sites for hydroxylation is 1. The Hall–Kier alpha value is -0.280. The first-order chi connectivity index (χ1) is 5.75. The van der Waals surface area contributed by atoms with Crippen LogP contribution in [-0.4, -0.2) is 10.2 Å². The Morgan fingerprint density at radius 2 is 2.42 bits per heavy atom. The summed E-state index contributed by atoms with van der Waals surface area (Å²) in [6, 6.07) is 0. The van der Waals surface area contributed by atoms with Gasteiger partial charge < -0.3 is 0 Å². The summed E-state index contributed by atoms with van der Waals surface area (Å²) in [5, 5.41) is 4.04. The first-order valence-electron chi connectivity index (χ1n) is 4.05. The molecule has 1 atom stereocenters. The standard InChI is InChI=1S/C9H11NS2/c1-6-3-4-9(12-6)8-5-11-7(2)10-8/h4-6H,3H2,1-2H3. The van der Waals surface area contributed by atoms with Gasteiger partial charge in [-0.2, -0.15) is 0 Å². The van der Waals surface area contributed by atoms with Crippen molar-refractivity contribution in [2.45, 2.75) is 25.5 Å². The Morgan fingerprint density at radius 1 is 1.58 bits per heavy atom. The number of hydrogen-bond acceptors (Lipinski definition) is 3. The van der Waals surface area contributed by atoms with Crippen molar-refractivity contribution in [3.8, 4) is 0 Å². The van der Waals surface area contributed by atoms with Crippen LogP contribution in [-0.2, 0) is 0 Å². The molecule has 3 heteroatoms. The SMILES string of the molecule is Cc1nc(C2=CCC(C)S2)cs1. The third kappa shape index (κ3) is 1.57. The predicted octanol–water partition coefficient (Wildman–Crippen LogP) is 3.32. The summed E-state index contributed by atoms with van der Waals surface area (Å²) in [6.45, 7) is 4.31. The number of thioether (sulfide) groups is 1. The minimum absolute atomic E-state index is 0.738. The van der Waals surface area contributed by atoms with E-state index in [0.717, 1.165) is 10.3 Å². The van der Waals surface area contributed by atoms with E-state index in [0.29, 0.717) is 0 Å². The molecule has 0 bridgehead atoms. The van der Waals surface area contributed by atoms with Gasteiger partial charge in [-0.3, -0.25) is 0 Å². The van der Waals surface area contributed by atoms with Crippen LogP contribution in [0, 0.1) is 6.92 Å². The van der Waals surface area contributed by atoms with Crippen LogP contribution in [0.4, 0.5) is 0 Å². The fourth-order valence-electron chi connectivity index (χ4n) is 1.23. The third-order valence-electron chi connectivity index (χ3n) is 1.83. The van der Waals surface area contributed by atoms with Gasteiger partial charge in [0.25, 0.3) is 0 Å². The van der Waals surface area contributed by atoms with Crippen LogP contribution in [0.25, 0.3) is 4.91 Å². The molecule has 0 saturated carbocycles. The second-order valence-corrected chi connectivity index (χ2v) is 5.53. The molecule has 1 aromatic rings. The summed E-state index contributed by atoms with van der Waals surface area (Å²) < 4.78 is 0. The average molecular weight is 197 g/mol. The van der Waals surface area contributed by atoms with Crippen molar-refractivity contribution >= 4 is 28.0 Å². The quantitative estimate of drug-likeness (QED) is 0.685. The first-order valence-corrected chi connectivity index (χ1v) is 5.81. The number of aromatic nitrogens is 1. The van der Waals surface area contributed by atoms with Crippen molar-refractivity contribution in [2.24, 2.45) is 0 Å². The molecule has 0 amide bonds. The zero-order valence-corrected chi connectivity index (χ0v) is 8.84. The largest absolute Gasteiger partial charge is 0.241 e. The maximum Gasteiger partial charge on any atom is 0.0901 e. The number of rotatable bonds is 1. The Kier molecular flexibility index (Phi) is 2.24. The summed E-state index contributed by atoms with van der Waals surface area (Å²) in [5.74, 6) is 0. The summed E-state index contributed by atoms with van der Waals surface area (Å²) in [7, 11) is 0. The third-order valence-corrected chi connectivity index (χ3v) is 3.83. The Balaban J connectivity index is 2.21. The fourth-order valence-corrected chi connectivity index (χ4v) is 2.96. The summed E-state index contributed by atoms with van der Waals surface area (Å²) in [6.07, 6.45) is 3.49. The van der Waals surface area contributed by atoms with Gasteiger partial charge in [-0.25, -0.2) is 4.98 Å². The minimum atomic E-state index is 0.738. The molecule has 2 heterocycles. The molecule has 0 spiro atoms. The smallest absolute Gasteiger partial charge is 0.0901 e. The monoisotopic (exact) mass is 197 g/mol. The highest BCUT2D eigenvalue weighted by Crippen LogP contribution is 2.38. The second kappa shape index (κ2) is 3.23. The lowest BCUT2D eigenvalue weighted by molar-refractivity contribution is 1.00. The van der Waals surface area contributed by atoms with Gasteiger partial charge in [-0.1, -0.05) is 13.0 Å². The number of nitrogens with zero attached hydrogens (tertiary/aromatic N) is 1. The molecule has 1 aliphatic heterocycles. The van der Waals surface area contributed by atoms with Gasteiger partial charge in [-0.15, -0.1) is 23.1 Å². The van der Waals surface area contributed by atoms with Gasteiger partial charge in [0.05, 0.1) is 10.7 Å². The molecule has 64 valence electrons. The zero-order valence-electron chi connectivity index (χ0n) is 7.20. The van der Waals surface area contributed by atoms with E-state index in [4.69, 9.17) is 0 Å². The lowest BCUT2D eigenvalue weighted by Gasteiger charge is -1.99. The molecule has 0 aromatic carbocycles. The van der Waals surface area contributed by atoms with Gasteiger partial charge in [0.2, 0.25) is 0 Å². The van der Waals surface area contributed by atoms with Crippen LogP contribution >= 0.6 is 23.1 Å². The summed E-state index contributed by atoms with van der Waals surface area (Å²) in [5.41, 5.74) is 1.17. The Morgan fingerprint density at radius 3 is 2.92 bits per heavy atom. The van der Waals surface area contributed by atoms with Crippen molar-refractivity contribution in [1.29, 1.82) is 0 Å². The second-order valence-electron chi connectivity index (χ2n) is 2.98. The van der Waals surface area contributed by atoms with Gasteiger partial charge in [0, 0.05) is 15.5 Å². The molecule has 1 aromatic heterocycles. The van der Waals surface area contributed by atoms with E-state index in [1.165, 1.54) is 17.0 Å². The van der Waals surface area contributed by atoms with E-state index in [-0.39, 0.29) is 0 Å². The van der Waals surface area contributed by atoms with Crippen LogP contribution in [0.2, 0.25) is 0 Å². The van der Waals surface area contributed by atoms with Crippen LogP contribution in [0.1, 0.15) is 24.0 Å². The van der Waals surface area contributed by atoms with Crippen LogP contribution < -0.4 is 0 Å². The van der Waals surface area contributed by atoms with Crippen LogP contribution in [0.15, 0.2) is 11.5 Å². The van der Waals surface area contributed by atoms with E-state index < -0.39 is 0 Å². The van der Waals surface area contributed by atoms with Crippen LogP contribution in [0.3, 0.4) is 0 Å². The van der Waals surface area contributed by atoms with E-state index in [9.17, 15) is 0 Å². The summed E-state index contributed by atoms with van der Waals surface area (Å²) >= 11 is 3.66. The molecule has 1 unspecified atom stereocenters. The molecule has 1 aliphatic rings. The predicted molar refractivity (Wildman–Crippen MR) is 56.5 cm³/mol. The average Bonchev–Trinajstić information content (AvgIpc) is 2.58. The number of hydrogen-bond donors (Lipinski definition) is 0. The minimum Gasteiger partial charge on any atom is -0.241 e. The Bertz CT molecular complexity index is 314. The number of thiazole rings is 1. The molecule has 2 rings (SSSR count). The molecule has 1 nitrogen and oxygen atoms in total. The molecule has 0 N–H and O–H groups in total. The van der Waals surface area contributed by atoms with E-state index in [1.54, 1.807) is 11.3 Å². The summed E-state index contributed by atoms with van der Waals surface area (Å²) in [4.78, 5) is 5.82. The van der Waals surface area contributed by atoms with Crippen molar-refractivity contribution in [2.75, 3.05) is 0 Å². The molecular weight excluding hydrogens is 186 g/mol. The fraction of sp³-hybridized carbons (Fsp3) is 0.444. The maximum absolute atomic E-state index is 4.46. The van der Waals surface area contributed by atoms with Crippen molar-refractivity contribution < 1.29 is 0 Å². The normalized spacial score (nSPS) is 22.8. The van der Waals surface area contributed by atoms with Crippen molar-refractivity contribution in [1.82, 2.24) is 4.98 Å². The topological polar surface area (TPSA) is 12.9 Å². The van der Waals surface area contributed by atoms with E-state index >= 15 is 0 Å². The lowest BCUT2D eigenvalue weighted by atomic mass is 10.3. The van der Waals surface area contributed by atoms with Crippen molar-refractivity contribution in [3.05, 3.63) is 22.2 Å². The molecule has 0 aliphatic carbocycles. The molecule has 0 radical (unpaired) electrons. The maximum atomic E-state index is 4.46. The zero-order chi connectivity index (χ0) is 8.55. The number of allylic oxidation sites excluding steroid dienone is 1. The van der Waals surface area contributed by atoms with Gasteiger partial charge in [0.15, 0.2) is 0 Å². The first kappa shape index (κ1) is 8.32. The molecule has 12 heavy (non-hydrogen) atoms. The molecular formula is C9H11NS2. The van der Waals surface area contributed by atoms with E-state index in [1.807, 2.05) is 11.8 Å². The molecule has 0 fully saturated rings.